The maximum absolute atomic E-state index is 12.0. The van der Waals surface area contributed by atoms with Gasteiger partial charge in [-0.3, -0.25) is 30.6 Å². The van der Waals surface area contributed by atoms with E-state index in [1.807, 2.05) is 13.0 Å². The Balaban J connectivity index is 1.85. The highest BCUT2D eigenvalue weighted by molar-refractivity contribution is 5.96. The third-order valence-electron chi connectivity index (χ3n) is 3.57. The van der Waals surface area contributed by atoms with Gasteiger partial charge in [-0.05, 0) is 31.5 Å². The molecule has 9 heteroatoms. The van der Waals surface area contributed by atoms with Crippen molar-refractivity contribution in [3.8, 4) is 0 Å². The van der Waals surface area contributed by atoms with Crippen molar-refractivity contribution in [1.29, 1.82) is 0 Å². The van der Waals surface area contributed by atoms with Crippen LogP contribution < -0.4 is 10.9 Å². The van der Waals surface area contributed by atoms with Crippen LogP contribution in [0.3, 0.4) is 0 Å². The topological polar surface area (TPSA) is 128 Å². The van der Waals surface area contributed by atoms with Crippen molar-refractivity contribution in [1.82, 2.24) is 10.9 Å². The molecule has 0 heterocycles. The van der Waals surface area contributed by atoms with Gasteiger partial charge in [0.15, 0.2) is 6.61 Å². The van der Waals surface area contributed by atoms with Crippen LogP contribution in [0.15, 0.2) is 42.5 Å². The van der Waals surface area contributed by atoms with Gasteiger partial charge in [-0.1, -0.05) is 23.8 Å². The minimum absolute atomic E-state index is 0.00299. The smallest absolute Gasteiger partial charge is 0.338 e. The number of ether oxygens (including phenoxy) is 1. The standard InChI is InChI=1S/C18H17N3O6/c1-11-6-7-15(12(2)8-11)18(24)27-10-16(22)19-20-17(23)13-4-3-5-14(9-13)21(25)26/h3-9H,10H2,1-2H3,(H,19,22)(H,20,23). The van der Waals surface area contributed by atoms with E-state index in [-0.39, 0.29) is 11.3 Å². The molecule has 0 spiro atoms. The highest BCUT2D eigenvalue weighted by Crippen LogP contribution is 2.13. The molecule has 0 bridgehead atoms. The molecule has 2 amide bonds. The van der Waals surface area contributed by atoms with E-state index in [0.29, 0.717) is 5.56 Å². The van der Waals surface area contributed by atoms with Gasteiger partial charge in [0.1, 0.15) is 0 Å². The monoisotopic (exact) mass is 371 g/mol. The lowest BCUT2D eigenvalue weighted by atomic mass is 10.1. The molecule has 0 saturated carbocycles. The summed E-state index contributed by atoms with van der Waals surface area (Å²) >= 11 is 0. The lowest BCUT2D eigenvalue weighted by molar-refractivity contribution is -0.384. The van der Waals surface area contributed by atoms with Gasteiger partial charge in [0.05, 0.1) is 10.5 Å². The van der Waals surface area contributed by atoms with Crippen LogP contribution in [0.2, 0.25) is 0 Å². The summed E-state index contributed by atoms with van der Waals surface area (Å²) in [5, 5.41) is 10.7. The highest BCUT2D eigenvalue weighted by Gasteiger charge is 2.15. The van der Waals surface area contributed by atoms with Gasteiger partial charge < -0.3 is 4.74 Å². The van der Waals surface area contributed by atoms with Gasteiger partial charge in [-0.15, -0.1) is 0 Å². The van der Waals surface area contributed by atoms with Gasteiger partial charge in [0, 0.05) is 17.7 Å². The second-order valence-corrected chi connectivity index (χ2v) is 5.70. The van der Waals surface area contributed by atoms with E-state index < -0.39 is 29.3 Å². The van der Waals surface area contributed by atoms with Crippen LogP contribution in [-0.4, -0.2) is 29.3 Å². The first-order chi connectivity index (χ1) is 12.8. The third kappa shape index (κ3) is 5.36. The summed E-state index contributed by atoms with van der Waals surface area (Å²) in [6, 6.07) is 10.2. The number of non-ortho nitro benzene ring substituents is 1. The van der Waals surface area contributed by atoms with Crippen molar-refractivity contribution in [3.63, 3.8) is 0 Å². The summed E-state index contributed by atoms with van der Waals surface area (Å²) in [4.78, 5) is 45.7. The number of nitrogens with one attached hydrogen (secondary N) is 2. The van der Waals surface area contributed by atoms with Crippen molar-refractivity contribution in [2.45, 2.75) is 13.8 Å². The van der Waals surface area contributed by atoms with E-state index in [1.54, 1.807) is 19.1 Å². The quantitative estimate of drug-likeness (QED) is 0.469. The molecule has 0 aromatic heterocycles. The number of nitrogens with zero attached hydrogens (tertiary/aromatic N) is 1. The van der Waals surface area contributed by atoms with E-state index in [9.17, 15) is 24.5 Å². The normalized spacial score (nSPS) is 10.0. The largest absolute Gasteiger partial charge is 0.452 e. The Bertz CT molecular complexity index is 910. The number of rotatable bonds is 5. The van der Waals surface area contributed by atoms with Crippen LogP contribution >= 0.6 is 0 Å². The molecule has 9 nitrogen and oxygen atoms in total. The van der Waals surface area contributed by atoms with E-state index in [4.69, 9.17) is 4.74 Å². The second-order valence-electron chi connectivity index (χ2n) is 5.70. The number of hydrogen-bond donors (Lipinski definition) is 2. The molecule has 0 fully saturated rings. The van der Waals surface area contributed by atoms with Crippen LogP contribution in [0.4, 0.5) is 5.69 Å². The Labute approximate surface area is 154 Å². The molecule has 2 rings (SSSR count). The van der Waals surface area contributed by atoms with Crippen LogP contribution in [-0.2, 0) is 9.53 Å². The van der Waals surface area contributed by atoms with Gasteiger partial charge in [0.2, 0.25) is 0 Å². The number of esters is 1. The maximum Gasteiger partial charge on any atom is 0.338 e. The van der Waals surface area contributed by atoms with Gasteiger partial charge in [-0.25, -0.2) is 4.79 Å². The maximum atomic E-state index is 12.0. The molecule has 0 aliphatic carbocycles. The first-order valence-electron chi connectivity index (χ1n) is 7.86. The van der Waals surface area contributed by atoms with Crippen molar-refractivity contribution in [3.05, 3.63) is 74.8 Å². The Hall–Kier alpha value is -3.75. The minimum Gasteiger partial charge on any atom is -0.452 e. The van der Waals surface area contributed by atoms with Crippen molar-refractivity contribution in [2.75, 3.05) is 6.61 Å². The van der Waals surface area contributed by atoms with Gasteiger partial charge in [-0.2, -0.15) is 0 Å². The summed E-state index contributed by atoms with van der Waals surface area (Å²) in [6.45, 7) is 3.05. The lowest BCUT2D eigenvalue weighted by Crippen LogP contribution is -2.43. The fourth-order valence-electron chi connectivity index (χ4n) is 2.25. The van der Waals surface area contributed by atoms with Crippen molar-refractivity contribution < 1.29 is 24.0 Å². The van der Waals surface area contributed by atoms with Crippen LogP contribution in [0.5, 0.6) is 0 Å². The molecule has 2 aromatic rings. The minimum atomic E-state index is -0.758. The fraction of sp³-hybridized carbons (Fsp3) is 0.167. The molecular weight excluding hydrogens is 354 g/mol. The number of hydrogen-bond acceptors (Lipinski definition) is 6. The fourth-order valence-corrected chi connectivity index (χ4v) is 2.25. The first kappa shape index (κ1) is 19.6. The Kier molecular flexibility index (Phi) is 6.21. The van der Waals surface area contributed by atoms with E-state index in [1.165, 1.54) is 18.2 Å². The number of benzene rings is 2. The molecule has 140 valence electrons. The Morgan fingerprint density at radius 2 is 1.81 bits per heavy atom. The van der Waals surface area contributed by atoms with Crippen LogP contribution in [0, 0.1) is 24.0 Å². The summed E-state index contributed by atoms with van der Waals surface area (Å²) in [5.74, 6) is -2.16. The molecular formula is C18H17N3O6. The molecule has 2 N–H and O–H groups in total. The van der Waals surface area contributed by atoms with Gasteiger partial charge >= 0.3 is 5.97 Å². The van der Waals surface area contributed by atoms with E-state index >= 15 is 0 Å². The lowest BCUT2D eigenvalue weighted by Gasteiger charge is -2.09. The average molecular weight is 371 g/mol. The zero-order valence-corrected chi connectivity index (χ0v) is 14.6. The first-order valence-corrected chi connectivity index (χ1v) is 7.86. The number of amides is 2. The second kappa shape index (κ2) is 8.56. The van der Waals surface area contributed by atoms with Crippen molar-refractivity contribution >= 4 is 23.5 Å². The number of nitro groups is 1. The third-order valence-corrected chi connectivity index (χ3v) is 3.57. The molecule has 27 heavy (non-hydrogen) atoms. The predicted molar refractivity (Wildman–Crippen MR) is 94.9 cm³/mol. The Morgan fingerprint density at radius 1 is 1.07 bits per heavy atom. The molecule has 0 aliphatic rings. The molecule has 0 unspecified atom stereocenters. The molecule has 0 aliphatic heterocycles. The average Bonchev–Trinajstić information content (AvgIpc) is 2.64. The van der Waals surface area contributed by atoms with Crippen LogP contribution in [0.1, 0.15) is 31.8 Å². The molecule has 0 saturated heterocycles. The number of aryl methyl sites for hydroxylation is 2. The predicted octanol–water partition coefficient (Wildman–Crippen LogP) is 1.83. The molecule has 0 atom stereocenters. The SMILES string of the molecule is Cc1ccc(C(=O)OCC(=O)NNC(=O)c2cccc([N+](=O)[O-])c2)c(C)c1. The summed E-state index contributed by atoms with van der Waals surface area (Å²) in [5.41, 5.74) is 5.97. The molecule has 0 radical (unpaired) electrons. The van der Waals surface area contributed by atoms with E-state index in [0.717, 1.165) is 17.2 Å². The molecule has 2 aromatic carbocycles. The van der Waals surface area contributed by atoms with E-state index in [2.05, 4.69) is 10.9 Å². The zero-order valence-electron chi connectivity index (χ0n) is 14.6. The number of carbonyl (C=O) groups excluding carboxylic acids is 3. The Morgan fingerprint density at radius 3 is 2.48 bits per heavy atom. The highest BCUT2D eigenvalue weighted by atomic mass is 16.6. The summed E-state index contributed by atoms with van der Waals surface area (Å²) in [7, 11) is 0. The van der Waals surface area contributed by atoms with Gasteiger partial charge in [0.25, 0.3) is 17.5 Å². The number of carbonyl (C=O) groups is 3. The number of hydrazine groups is 1. The zero-order chi connectivity index (χ0) is 20.0. The summed E-state index contributed by atoms with van der Waals surface area (Å²) in [6.07, 6.45) is 0. The number of nitro benzene ring substituents is 1. The summed E-state index contributed by atoms with van der Waals surface area (Å²) < 4.78 is 4.91. The van der Waals surface area contributed by atoms with Crippen LogP contribution in [0.25, 0.3) is 0 Å². The van der Waals surface area contributed by atoms with Crippen molar-refractivity contribution in [2.24, 2.45) is 0 Å².